The summed E-state index contributed by atoms with van der Waals surface area (Å²) in [7, 11) is 0. The number of aliphatic hydroxyl groups excluding tert-OH is 1. The molecule has 9 heteroatoms. The number of aromatic nitrogens is 6. The Morgan fingerprint density at radius 1 is 1.13 bits per heavy atom. The Balaban J connectivity index is 1.61. The van der Waals surface area contributed by atoms with E-state index >= 15 is 0 Å². The number of thioether (sulfide) groups is 1. The second kappa shape index (κ2) is 8.62. The molecule has 156 valence electrons. The molecule has 0 aliphatic heterocycles. The fourth-order valence-corrected chi connectivity index (χ4v) is 4.01. The van der Waals surface area contributed by atoms with Crippen molar-refractivity contribution in [3.05, 3.63) is 65.7 Å². The van der Waals surface area contributed by atoms with E-state index in [1.54, 1.807) is 11.6 Å². The van der Waals surface area contributed by atoms with Crippen LogP contribution in [0.3, 0.4) is 0 Å². The van der Waals surface area contributed by atoms with Gasteiger partial charge in [-0.1, -0.05) is 49.9 Å². The molecule has 2 N–H and O–H groups in total. The number of H-pyrrole nitrogens is 1. The normalized spacial score (nSPS) is 13.3. The van der Waals surface area contributed by atoms with E-state index < -0.39 is 5.25 Å². The lowest BCUT2D eigenvalue weighted by Crippen LogP contribution is -2.07. The smallest absolute Gasteiger partial charge is 0.214 e. The fourth-order valence-electron chi connectivity index (χ4n) is 3.13. The molecule has 0 fully saturated rings. The van der Waals surface area contributed by atoms with Crippen molar-refractivity contribution in [1.29, 1.82) is 5.26 Å². The molecular weight excluding hydrogens is 410 g/mol. The zero-order valence-corrected chi connectivity index (χ0v) is 18.1. The maximum absolute atomic E-state index is 10.8. The van der Waals surface area contributed by atoms with Gasteiger partial charge < -0.3 is 10.1 Å². The molecule has 0 amide bonds. The lowest BCUT2D eigenvalue weighted by Gasteiger charge is -2.12. The number of benzene rings is 2. The number of para-hydroxylation sites is 2. The van der Waals surface area contributed by atoms with Crippen molar-refractivity contribution in [1.82, 2.24) is 30.2 Å². The summed E-state index contributed by atoms with van der Waals surface area (Å²) in [4.78, 5) is 7.51. The zero-order valence-electron chi connectivity index (χ0n) is 17.3. The van der Waals surface area contributed by atoms with Gasteiger partial charge in [0.2, 0.25) is 5.16 Å². The van der Waals surface area contributed by atoms with Gasteiger partial charge in [0.05, 0.1) is 22.0 Å². The van der Waals surface area contributed by atoms with Crippen LogP contribution >= 0.6 is 11.8 Å². The number of aromatic amines is 1. The minimum absolute atomic E-state index is 0.0868. The third kappa shape index (κ3) is 4.15. The maximum atomic E-state index is 10.8. The first kappa shape index (κ1) is 20.6. The molecule has 2 heterocycles. The molecule has 4 aromatic rings. The average Bonchev–Trinajstić information content (AvgIpc) is 3.41. The Morgan fingerprint density at radius 3 is 2.55 bits per heavy atom. The van der Waals surface area contributed by atoms with Crippen molar-refractivity contribution in [2.45, 2.75) is 37.1 Å². The topological polar surface area (TPSA) is 116 Å². The van der Waals surface area contributed by atoms with E-state index in [9.17, 15) is 10.4 Å². The highest BCUT2D eigenvalue weighted by atomic mass is 32.2. The lowest BCUT2D eigenvalue weighted by atomic mass is 10.0. The van der Waals surface area contributed by atoms with E-state index in [-0.39, 0.29) is 11.3 Å². The van der Waals surface area contributed by atoms with Crippen LogP contribution in [-0.2, 0) is 0 Å². The summed E-state index contributed by atoms with van der Waals surface area (Å²) in [5.41, 5.74) is 3.67. The third-order valence-corrected chi connectivity index (χ3v) is 5.95. The summed E-state index contributed by atoms with van der Waals surface area (Å²) >= 11 is 1.26. The van der Waals surface area contributed by atoms with Gasteiger partial charge in [-0.3, -0.25) is 0 Å². The fraction of sp³-hybridized carbons (Fsp3) is 0.227. The van der Waals surface area contributed by atoms with Gasteiger partial charge in [-0.15, -0.1) is 5.10 Å². The minimum atomic E-state index is -0.470. The van der Waals surface area contributed by atoms with E-state index in [1.807, 2.05) is 48.5 Å². The first-order valence-electron chi connectivity index (χ1n) is 9.81. The van der Waals surface area contributed by atoms with Crippen molar-refractivity contribution >= 4 is 28.4 Å². The van der Waals surface area contributed by atoms with Gasteiger partial charge in [-0.25, -0.2) is 4.98 Å². The van der Waals surface area contributed by atoms with Gasteiger partial charge in [0.1, 0.15) is 17.4 Å². The SMILES string of the molecule is CC(Sc1nnnn1-c1ccc(C(C)C)cc1)/C(O)=C(\C#N)c1nc2ccccc2[nH]1. The van der Waals surface area contributed by atoms with Gasteiger partial charge in [0, 0.05) is 0 Å². The van der Waals surface area contributed by atoms with Crippen LogP contribution in [0.4, 0.5) is 0 Å². The summed E-state index contributed by atoms with van der Waals surface area (Å²) in [6.07, 6.45) is 0. The van der Waals surface area contributed by atoms with Crippen molar-refractivity contribution in [2.75, 3.05) is 0 Å². The number of nitriles is 1. The van der Waals surface area contributed by atoms with Crippen LogP contribution in [0.2, 0.25) is 0 Å². The molecule has 0 aliphatic carbocycles. The molecule has 0 aliphatic rings. The average molecular weight is 432 g/mol. The Kier molecular flexibility index (Phi) is 5.73. The summed E-state index contributed by atoms with van der Waals surface area (Å²) < 4.78 is 1.62. The number of aliphatic hydroxyl groups is 1. The van der Waals surface area contributed by atoms with Crippen molar-refractivity contribution < 1.29 is 5.11 Å². The quantitative estimate of drug-likeness (QED) is 0.260. The summed E-state index contributed by atoms with van der Waals surface area (Å²) in [6, 6.07) is 17.6. The molecule has 31 heavy (non-hydrogen) atoms. The molecule has 0 bridgehead atoms. The van der Waals surface area contributed by atoms with Gasteiger partial charge in [-0.2, -0.15) is 9.94 Å². The molecule has 0 spiro atoms. The van der Waals surface area contributed by atoms with Crippen LogP contribution in [0.25, 0.3) is 22.3 Å². The second-order valence-electron chi connectivity index (χ2n) is 7.35. The van der Waals surface area contributed by atoms with Crippen LogP contribution in [-0.4, -0.2) is 40.5 Å². The van der Waals surface area contributed by atoms with E-state index in [0.29, 0.717) is 16.9 Å². The van der Waals surface area contributed by atoms with Gasteiger partial charge in [-0.05, 0) is 53.1 Å². The molecule has 4 rings (SSSR count). The van der Waals surface area contributed by atoms with E-state index in [4.69, 9.17) is 0 Å². The van der Waals surface area contributed by atoms with Gasteiger partial charge in [0.15, 0.2) is 5.82 Å². The molecule has 1 unspecified atom stereocenters. The van der Waals surface area contributed by atoms with Crippen molar-refractivity contribution in [3.8, 4) is 11.8 Å². The molecule has 8 nitrogen and oxygen atoms in total. The van der Waals surface area contributed by atoms with Crippen molar-refractivity contribution in [2.24, 2.45) is 0 Å². The molecule has 0 radical (unpaired) electrons. The van der Waals surface area contributed by atoms with E-state index in [1.165, 1.54) is 17.3 Å². The highest BCUT2D eigenvalue weighted by Gasteiger charge is 2.22. The number of rotatable bonds is 6. The Hall–Kier alpha value is -3.64. The zero-order chi connectivity index (χ0) is 22.0. The largest absolute Gasteiger partial charge is 0.510 e. The maximum Gasteiger partial charge on any atom is 0.214 e. The number of hydrogen-bond acceptors (Lipinski definition) is 7. The van der Waals surface area contributed by atoms with E-state index in [0.717, 1.165) is 16.7 Å². The van der Waals surface area contributed by atoms with Crippen molar-refractivity contribution in [3.63, 3.8) is 0 Å². The Bertz CT molecular complexity index is 1250. The molecule has 1 atom stereocenters. The van der Waals surface area contributed by atoms with Crippen LogP contribution in [0, 0.1) is 11.3 Å². The first-order valence-corrected chi connectivity index (χ1v) is 10.7. The summed E-state index contributed by atoms with van der Waals surface area (Å²) in [5, 5.41) is 32.5. The lowest BCUT2D eigenvalue weighted by molar-refractivity contribution is 0.401. The molecule has 2 aromatic heterocycles. The summed E-state index contributed by atoms with van der Waals surface area (Å²) in [5.74, 6) is 0.676. The van der Waals surface area contributed by atoms with Crippen LogP contribution < -0.4 is 0 Å². The van der Waals surface area contributed by atoms with Crippen LogP contribution in [0.5, 0.6) is 0 Å². The number of hydrogen-bond donors (Lipinski definition) is 2. The Morgan fingerprint density at radius 2 is 1.87 bits per heavy atom. The Labute approximate surface area is 183 Å². The monoisotopic (exact) mass is 431 g/mol. The standard InChI is InChI=1S/C22H21N7OS/c1-13(2)15-8-10-16(11-9-15)29-22(26-27-28-29)31-14(3)20(30)17(12-23)21-24-18-6-4-5-7-19(18)25-21/h4-11,13-14,30H,1-3H3,(H,24,25)/b20-17-. The third-order valence-electron chi connectivity index (χ3n) is 4.91. The first-order chi connectivity index (χ1) is 15.0. The molecule has 2 aromatic carbocycles. The number of tetrazole rings is 1. The number of nitrogens with one attached hydrogen (secondary N) is 1. The molecule has 0 saturated carbocycles. The van der Waals surface area contributed by atoms with Gasteiger partial charge in [0.25, 0.3) is 0 Å². The predicted octanol–water partition coefficient (Wildman–Crippen LogP) is 4.64. The molecular formula is C22H21N7OS. The number of fused-ring (bicyclic) bond motifs is 1. The molecule has 0 saturated heterocycles. The number of imidazole rings is 1. The van der Waals surface area contributed by atoms with Crippen LogP contribution in [0.15, 0.2) is 59.4 Å². The number of nitrogens with zero attached hydrogens (tertiary/aromatic N) is 6. The predicted molar refractivity (Wildman–Crippen MR) is 120 cm³/mol. The van der Waals surface area contributed by atoms with E-state index in [2.05, 4.69) is 45.4 Å². The number of allylic oxidation sites excluding steroid dienone is 1. The van der Waals surface area contributed by atoms with Crippen LogP contribution in [0.1, 0.15) is 38.1 Å². The highest BCUT2D eigenvalue weighted by Crippen LogP contribution is 2.30. The summed E-state index contributed by atoms with van der Waals surface area (Å²) in [6.45, 7) is 6.07. The minimum Gasteiger partial charge on any atom is -0.510 e. The van der Waals surface area contributed by atoms with Gasteiger partial charge >= 0.3 is 0 Å². The highest BCUT2D eigenvalue weighted by molar-refractivity contribution is 7.99. The second-order valence-corrected chi connectivity index (χ2v) is 8.66.